The van der Waals surface area contributed by atoms with E-state index in [2.05, 4.69) is 47.6 Å². The molecule has 3 aliphatic heterocycles. The standard InChI is InChI=1S/C49H82O19/c1-22(9-13-32(46(4,5)62)67-44-41(38(59)35(56)28(21-52)65-44)68-43-40(61)37(58)34(55)27(20-51)64-43)23-15-17-47(6)29-12-10-24-25(49(29,8)30(53)19-48(23,47)7)11-14-31(45(24,2)3)66-42-39(60)36(57)33(54)26(63-42)16-18-50/h10,22-23,25-29,31-44,50-52,54-62H,9,11-21H2,1-8H3/t22-,23?,25?,26-,27+,28-,29?,31+,32-,33-,34+,35-,36+,37-,38+,39-,40+,41-,42+,43-,44+,47+,48-,49+/m1/s1. The minimum atomic E-state index is -1.84. The van der Waals surface area contributed by atoms with Crippen molar-refractivity contribution in [2.75, 3.05) is 19.8 Å². The van der Waals surface area contributed by atoms with Crippen LogP contribution in [0.5, 0.6) is 0 Å². The molecule has 4 aliphatic carbocycles. The molecule has 3 unspecified atom stereocenters. The Kier molecular flexibility index (Phi) is 16.2. The van der Waals surface area contributed by atoms with E-state index in [4.69, 9.17) is 28.4 Å². The van der Waals surface area contributed by atoms with Gasteiger partial charge in [0.25, 0.3) is 0 Å². The summed E-state index contributed by atoms with van der Waals surface area (Å²) in [6.07, 6.45) is -16.8. The van der Waals surface area contributed by atoms with Gasteiger partial charge in [0, 0.05) is 23.9 Å². The van der Waals surface area contributed by atoms with Crippen molar-refractivity contribution in [3.05, 3.63) is 11.6 Å². The van der Waals surface area contributed by atoms with Crippen LogP contribution in [0.3, 0.4) is 0 Å². The number of rotatable bonds is 15. The number of carbonyl (C=O) groups is 1. The smallest absolute Gasteiger partial charge is 0.187 e. The third-order valence-corrected chi connectivity index (χ3v) is 18.7. The summed E-state index contributed by atoms with van der Waals surface area (Å²) in [6, 6.07) is 0. The number of hydrogen-bond donors (Lipinski definition) is 12. The van der Waals surface area contributed by atoms with Crippen molar-refractivity contribution in [1.82, 2.24) is 0 Å². The molecule has 3 saturated carbocycles. The number of Topliss-reactive ketones (excluding diaryl/α,β-unsaturated/α-hetero) is 1. The van der Waals surface area contributed by atoms with Crippen LogP contribution in [0.25, 0.3) is 0 Å². The van der Waals surface area contributed by atoms with Crippen molar-refractivity contribution < 1.29 is 94.5 Å². The number of allylic oxidation sites excluding steroid dienone is 1. The molecule has 0 radical (unpaired) electrons. The molecular formula is C49H82O19. The zero-order valence-corrected chi connectivity index (χ0v) is 40.9. The molecule has 0 spiro atoms. The molecule has 19 nitrogen and oxygen atoms in total. The maximum absolute atomic E-state index is 15.1. The first-order valence-corrected chi connectivity index (χ1v) is 24.9. The Morgan fingerprint density at radius 2 is 1.26 bits per heavy atom. The van der Waals surface area contributed by atoms with Gasteiger partial charge < -0.3 is 89.7 Å². The van der Waals surface area contributed by atoms with Gasteiger partial charge in [0.1, 0.15) is 72.9 Å². The first-order chi connectivity index (χ1) is 31.7. The third kappa shape index (κ3) is 9.22. The lowest BCUT2D eigenvalue weighted by atomic mass is 9.38. The SMILES string of the molecule is C[C@H](CC[C@@H](O[C@@H]1O[C@H](CO)[C@@H](O)[C@H](O)[C@H]1O[C@H]1O[C@@H](CO)[C@H](O)[C@@H](O)[C@@H]1O)C(C)(C)O)C1CC[C@@]2(C)C3CC=C4C(CC[C@H](O[C@@H]5O[C@H](CCO)[C@@H](O)[C@H](O)[C@H]5O)C4(C)C)[C@]3(C)C(=O)C[C@]12C. The maximum atomic E-state index is 15.1. The van der Waals surface area contributed by atoms with Crippen LogP contribution in [0.1, 0.15) is 113 Å². The summed E-state index contributed by atoms with van der Waals surface area (Å²) < 4.78 is 36.1. The maximum Gasteiger partial charge on any atom is 0.187 e. The Morgan fingerprint density at radius 3 is 1.85 bits per heavy atom. The van der Waals surface area contributed by atoms with E-state index in [1.54, 1.807) is 13.8 Å². The van der Waals surface area contributed by atoms with Gasteiger partial charge >= 0.3 is 0 Å². The van der Waals surface area contributed by atoms with E-state index < -0.39 is 134 Å². The summed E-state index contributed by atoms with van der Waals surface area (Å²) in [5, 5.41) is 126. The topological polar surface area (TPSA) is 315 Å². The summed E-state index contributed by atoms with van der Waals surface area (Å²) in [5.74, 6) is 0.424. The quantitative estimate of drug-likeness (QED) is 0.0925. The summed E-state index contributed by atoms with van der Waals surface area (Å²) >= 11 is 0. The van der Waals surface area contributed by atoms with Crippen molar-refractivity contribution in [2.45, 2.75) is 223 Å². The number of ketones is 1. The predicted octanol–water partition coefficient (Wildman–Crippen LogP) is -0.458. The highest BCUT2D eigenvalue weighted by Gasteiger charge is 2.70. The minimum absolute atomic E-state index is 0.0431. The van der Waals surface area contributed by atoms with Gasteiger partial charge in [-0.15, -0.1) is 0 Å². The fourth-order valence-corrected chi connectivity index (χ4v) is 14.2. The summed E-state index contributed by atoms with van der Waals surface area (Å²) in [6.45, 7) is 14.5. The molecule has 12 N–H and O–H groups in total. The van der Waals surface area contributed by atoms with Gasteiger partial charge in [0.05, 0.1) is 37.1 Å². The molecule has 0 amide bonds. The second kappa shape index (κ2) is 20.2. The Morgan fingerprint density at radius 1 is 0.706 bits per heavy atom. The van der Waals surface area contributed by atoms with E-state index in [-0.39, 0.29) is 59.7 Å². The average molecular weight is 975 g/mol. The molecule has 392 valence electrons. The van der Waals surface area contributed by atoms with Crippen molar-refractivity contribution in [2.24, 2.45) is 45.3 Å². The highest BCUT2D eigenvalue weighted by atomic mass is 16.8. The van der Waals surface area contributed by atoms with Gasteiger partial charge in [-0.2, -0.15) is 0 Å². The summed E-state index contributed by atoms with van der Waals surface area (Å²) in [5.41, 5.74) is -2.14. The molecule has 7 rings (SSSR count). The number of aliphatic hydroxyl groups excluding tert-OH is 11. The lowest BCUT2D eigenvalue weighted by Crippen LogP contribution is -2.65. The van der Waals surface area contributed by atoms with Crippen LogP contribution in [-0.4, -0.2) is 197 Å². The second-order valence-corrected chi connectivity index (χ2v) is 23.2. The van der Waals surface area contributed by atoms with Crippen molar-refractivity contribution in [1.29, 1.82) is 0 Å². The summed E-state index contributed by atoms with van der Waals surface area (Å²) in [7, 11) is 0. The van der Waals surface area contributed by atoms with Gasteiger partial charge in [-0.05, 0) is 99.7 Å². The minimum Gasteiger partial charge on any atom is -0.396 e. The van der Waals surface area contributed by atoms with Crippen LogP contribution >= 0.6 is 0 Å². The van der Waals surface area contributed by atoms with E-state index in [1.807, 2.05) is 0 Å². The Labute approximate surface area is 399 Å². The monoisotopic (exact) mass is 975 g/mol. The van der Waals surface area contributed by atoms with Crippen LogP contribution in [0.2, 0.25) is 0 Å². The van der Waals surface area contributed by atoms with E-state index in [9.17, 15) is 61.3 Å². The molecule has 3 heterocycles. The first-order valence-electron chi connectivity index (χ1n) is 24.9. The first kappa shape index (κ1) is 54.5. The van der Waals surface area contributed by atoms with Crippen LogP contribution in [0, 0.1) is 45.3 Å². The van der Waals surface area contributed by atoms with Crippen molar-refractivity contribution in [3.8, 4) is 0 Å². The average Bonchev–Trinajstić information content (AvgIpc) is 3.55. The van der Waals surface area contributed by atoms with Gasteiger partial charge in [-0.25, -0.2) is 0 Å². The Hall–Kier alpha value is -1.31. The highest BCUT2D eigenvalue weighted by molar-refractivity contribution is 5.88. The number of ether oxygens (including phenoxy) is 6. The molecule has 0 aromatic heterocycles. The Bertz CT molecular complexity index is 1770. The highest BCUT2D eigenvalue weighted by Crippen LogP contribution is 2.74. The zero-order valence-electron chi connectivity index (χ0n) is 40.9. The van der Waals surface area contributed by atoms with E-state index in [1.165, 1.54) is 0 Å². The van der Waals surface area contributed by atoms with Crippen LogP contribution in [-0.2, 0) is 33.2 Å². The van der Waals surface area contributed by atoms with Crippen molar-refractivity contribution in [3.63, 3.8) is 0 Å². The molecule has 0 aromatic carbocycles. The van der Waals surface area contributed by atoms with Gasteiger partial charge in [-0.1, -0.05) is 53.2 Å². The van der Waals surface area contributed by atoms with Crippen molar-refractivity contribution >= 4 is 5.78 Å². The Balaban J connectivity index is 1.06. The van der Waals surface area contributed by atoms with Gasteiger partial charge in [0.15, 0.2) is 18.9 Å². The molecule has 24 atom stereocenters. The van der Waals surface area contributed by atoms with E-state index in [0.717, 1.165) is 18.4 Å². The molecule has 68 heavy (non-hydrogen) atoms. The van der Waals surface area contributed by atoms with E-state index in [0.29, 0.717) is 32.1 Å². The zero-order chi connectivity index (χ0) is 50.2. The van der Waals surface area contributed by atoms with Crippen LogP contribution in [0.4, 0.5) is 0 Å². The fourth-order valence-electron chi connectivity index (χ4n) is 14.2. The molecule has 0 bridgehead atoms. The van der Waals surface area contributed by atoms with Crippen LogP contribution in [0.15, 0.2) is 11.6 Å². The third-order valence-electron chi connectivity index (χ3n) is 18.7. The number of aliphatic hydroxyl groups is 12. The molecule has 0 aromatic rings. The van der Waals surface area contributed by atoms with Gasteiger partial charge in [0.2, 0.25) is 0 Å². The largest absolute Gasteiger partial charge is 0.396 e. The molecule has 19 heteroatoms. The molecule has 7 aliphatic rings. The van der Waals surface area contributed by atoms with E-state index >= 15 is 4.79 Å². The second-order valence-electron chi connectivity index (χ2n) is 23.2. The number of hydrogen-bond acceptors (Lipinski definition) is 19. The number of carbonyl (C=O) groups excluding carboxylic acids is 1. The normalized spacial score (nSPS) is 49.3. The lowest BCUT2D eigenvalue weighted by Gasteiger charge is -2.65. The molecule has 3 saturated heterocycles. The predicted molar refractivity (Wildman–Crippen MR) is 239 cm³/mol. The fraction of sp³-hybridized carbons (Fsp3) is 0.939. The number of fused-ring (bicyclic) bond motifs is 5. The summed E-state index contributed by atoms with van der Waals surface area (Å²) in [4.78, 5) is 15.1. The van der Waals surface area contributed by atoms with Crippen LogP contribution < -0.4 is 0 Å². The molecular weight excluding hydrogens is 893 g/mol. The van der Waals surface area contributed by atoms with Gasteiger partial charge in [-0.3, -0.25) is 4.79 Å². The molecule has 6 fully saturated rings. The lowest BCUT2D eigenvalue weighted by molar-refractivity contribution is -0.375.